The maximum atomic E-state index is 6.68. The van der Waals surface area contributed by atoms with Crippen molar-refractivity contribution in [3.8, 4) is 33.4 Å². The molecule has 0 spiro atoms. The van der Waals surface area contributed by atoms with Crippen molar-refractivity contribution in [2.24, 2.45) is 0 Å². The zero-order valence-electron chi connectivity index (χ0n) is 32.7. The van der Waals surface area contributed by atoms with Crippen molar-refractivity contribution < 1.29 is 4.42 Å². The number of hydrogen-bond donors (Lipinski definition) is 0. The van der Waals surface area contributed by atoms with Crippen LogP contribution in [0.5, 0.6) is 0 Å². The molecule has 0 atom stereocenters. The van der Waals surface area contributed by atoms with Gasteiger partial charge in [-0.25, -0.2) is 0 Å². The molecular weight excluding hydrogens is 727 g/mol. The molecule has 0 saturated heterocycles. The number of rotatable bonds is 6. The Morgan fingerprint density at radius 3 is 1.50 bits per heavy atom. The molecule has 2 nitrogen and oxygen atoms in total. The lowest BCUT2D eigenvalue weighted by Crippen LogP contribution is -2.11. The van der Waals surface area contributed by atoms with Gasteiger partial charge in [0.25, 0.3) is 0 Å². The number of para-hydroxylation sites is 1. The Bertz CT molecular complexity index is 3590. The van der Waals surface area contributed by atoms with Crippen molar-refractivity contribution in [3.05, 3.63) is 224 Å². The zero-order valence-corrected chi connectivity index (χ0v) is 32.7. The topological polar surface area (TPSA) is 16.4 Å². The van der Waals surface area contributed by atoms with Crippen molar-refractivity contribution in [1.29, 1.82) is 0 Å². The summed E-state index contributed by atoms with van der Waals surface area (Å²) in [5.74, 6) is 0. The highest BCUT2D eigenvalue weighted by molar-refractivity contribution is 6.20. The molecule has 0 fully saturated rings. The van der Waals surface area contributed by atoms with Crippen LogP contribution in [0.3, 0.4) is 0 Å². The molecule has 0 aliphatic heterocycles. The first-order valence-corrected chi connectivity index (χ1v) is 20.6. The highest BCUT2D eigenvalue weighted by Gasteiger charge is 2.21. The van der Waals surface area contributed by atoms with Crippen molar-refractivity contribution >= 4 is 82.1 Å². The van der Waals surface area contributed by atoms with E-state index in [-0.39, 0.29) is 0 Å². The lowest BCUT2D eigenvalue weighted by atomic mass is 9.94. The zero-order chi connectivity index (χ0) is 39.6. The maximum Gasteiger partial charge on any atom is 0.143 e. The molecule has 1 aromatic heterocycles. The summed E-state index contributed by atoms with van der Waals surface area (Å²) in [4.78, 5) is 2.40. The van der Waals surface area contributed by atoms with E-state index < -0.39 is 0 Å². The van der Waals surface area contributed by atoms with Gasteiger partial charge in [0.15, 0.2) is 0 Å². The SMILES string of the molecule is c1ccc(N(c2ccc(-c3cccc4ccccc34)cc2)c2ccc(-c3cccc4c3ccc3ccccc34)cc2)c(-c2cccc3oc4c5ccccc5ccc4c23)c1. The number of nitrogens with zero attached hydrogens (tertiary/aromatic N) is 1. The third kappa shape index (κ3) is 5.50. The van der Waals surface area contributed by atoms with E-state index in [1.165, 1.54) is 60.0 Å². The third-order valence-corrected chi connectivity index (χ3v) is 12.3. The average Bonchev–Trinajstić information content (AvgIpc) is 3.72. The normalized spacial score (nSPS) is 11.7. The molecule has 1 heterocycles. The van der Waals surface area contributed by atoms with E-state index in [1.807, 2.05) is 0 Å². The second-order valence-corrected chi connectivity index (χ2v) is 15.6. The van der Waals surface area contributed by atoms with Gasteiger partial charge >= 0.3 is 0 Å². The maximum absolute atomic E-state index is 6.68. The lowest BCUT2D eigenvalue weighted by molar-refractivity contribution is 0.673. The fraction of sp³-hybridized carbons (Fsp3) is 0. The van der Waals surface area contributed by atoms with Gasteiger partial charge in [-0.3, -0.25) is 0 Å². The molecule has 0 bridgehead atoms. The summed E-state index contributed by atoms with van der Waals surface area (Å²) < 4.78 is 6.68. The van der Waals surface area contributed by atoms with Gasteiger partial charge in [0.05, 0.1) is 5.69 Å². The quantitative estimate of drug-likeness (QED) is 0.157. The van der Waals surface area contributed by atoms with Gasteiger partial charge in [-0.15, -0.1) is 0 Å². The van der Waals surface area contributed by atoms with Crippen molar-refractivity contribution in [1.82, 2.24) is 0 Å². The molecule has 0 amide bonds. The number of fused-ring (bicyclic) bond motifs is 9. The van der Waals surface area contributed by atoms with Gasteiger partial charge in [0.2, 0.25) is 0 Å². The van der Waals surface area contributed by atoms with Crippen LogP contribution in [-0.4, -0.2) is 0 Å². The molecule has 11 aromatic carbocycles. The van der Waals surface area contributed by atoms with Gasteiger partial charge in [-0.2, -0.15) is 0 Å². The van der Waals surface area contributed by atoms with Crippen molar-refractivity contribution in [2.45, 2.75) is 0 Å². The number of hydrogen-bond acceptors (Lipinski definition) is 2. The van der Waals surface area contributed by atoms with Crippen LogP contribution < -0.4 is 4.90 Å². The van der Waals surface area contributed by atoms with Crippen LogP contribution in [0.2, 0.25) is 0 Å². The van der Waals surface area contributed by atoms with Crippen LogP contribution in [0.1, 0.15) is 0 Å². The van der Waals surface area contributed by atoms with Crippen LogP contribution in [0.4, 0.5) is 17.1 Å². The Labute approximate surface area is 347 Å². The first-order valence-electron chi connectivity index (χ1n) is 20.6. The summed E-state index contributed by atoms with van der Waals surface area (Å²) in [6.07, 6.45) is 0. The molecule has 0 aliphatic rings. The van der Waals surface area contributed by atoms with Gasteiger partial charge in [-0.1, -0.05) is 182 Å². The molecule has 0 unspecified atom stereocenters. The molecule has 0 radical (unpaired) electrons. The monoisotopic (exact) mass is 763 g/mol. The minimum absolute atomic E-state index is 0.881. The minimum Gasteiger partial charge on any atom is -0.455 e. The van der Waals surface area contributed by atoms with Crippen molar-refractivity contribution in [3.63, 3.8) is 0 Å². The molecule has 0 saturated carbocycles. The Balaban J connectivity index is 1.03. The van der Waals surface area contributed by atoms with E-state index in [0.717, 1.165) is 55.5 Å². The summed E-state index contributed by atoms with van der Waals surface area (Å²) in [6.45, 7) is 0. The van der Waals surface area contributed by atoms with E-state index in [0.29, 0.717) is 0 Å². The fourth-order valence-electron chi connectivity index (χ4n) is 9.45. The predicted octanol–water partition coefficient (Wildman–Crippen LogP) is 16.7. The van der Waals surface area contributed by atoms with Crippen LogP contribution in [-0.2, 0) is 0 Å². The Morgan fingerprint density at radius 1 is 0.283 bits per heavy atom. The first-order chi connectivity index (χ1) is 29.8. The summed E-state index contributed by atoms with van der Waals surface area (Å²) >= 11 is 0. The second-order valence-electron chi connectivity index (χ2n) is 15.6. The van der Waals surface area contributed by atoms with E-state index in [1.54, 1.807) is 0 Å². The van der Waals surface area contributed by atoms with Gasteiger partial charge in [0, 0.05) is 33.1 Å². The fourth-order valence-corrected chi connectivity index (χ4v) is 9.45. The van der Waals surface area contributed by atoms with Gasteiger partial charge < -0.3 is 9.32 Å². The molecule has 60 heavy (non-hydrogen) atoms. The van der Waals surface area contributed by atoms with Crippen LogP contribution in [0.15, 0.2) is 229 Å². The lowest BCUT2D eigenvalue weighted by Gasteiger charge is -2.28. The smallest absolute Gasteiger partial charge is 0.143 e. The highest BCUT2D eigenvalue weighted by atomic mass is 16.3. The first kappa shape index (κ1) is 34.1. The molecule has 0 aliphatic carbocycles. The molecule has 12 rings (SSSR count). The average molecular weight is 764 g/mol. The van der Waals surface area contributed by atoms with E-state index >= 15 is 0 Å². The van der Waals surface area contributed by atoms with Crippen molar-refractivity contribution in [2.75, 3.05) is 4.90 Å². The second kappa shape index (κ2) is 13.9. The Morgan fingerprint density at radius 2 is 0.767 bits per heavy atom. The Hall–Kier alpha value is -7.94. The van der Waals surface area contributed by atoms with E-state index in [9.17, 15) is 0 Å². The van der Waals surface area contributed by atoms with Gasteiger partial charge in [0.1, 0.15) is 11.2 Å². The predicted molar refractivity (Wildman–Crippen MR) is 255 cm³/mol. The van der Waals surface area contributed by atoms with Crippen LogP contribution in [0.25, 0.3) is 98.4 Å². The summed E-state index contributed by atoms with van der Waals surface area (Å²) in [6, 6.07) is 81.2. The van der Waals surface area contributed by atoms with Crippen LogP contribution >= 0.6 is 0 Å². The van der Waals surface area contributed by atoms with E-state index in [2.05, 4.69) is 229 Å². The standard InChI is InChI=1S/C58H37NO/c1-4-16-45-38(12-1)15-9-20-46(45)41-26-32-43(33-27-41)59(44-34-28-42(29-35-44)48-21-10-22-50-47-17-5-2-13-39(47)30-36-51(48)50)55-24-8-7-19-52(55)53-23-11-25-56-57(53)54-37-31-40-14-3-6-18-49(40)58(54)60-56/h1-37H. The molecular formula is C58H37NO. The number of anilines is 3. The largest absolute Gasteiger partial charge is 0.455 e. The third-order valence-electron chi connectivity index (χ3n) is 12.3. The van der Waals surface area contributed by atoms with E-state index in [4.69, 9.17) is 4.42 Å². The molecule has 280 valence electrons. The molecule has 2 heteroatoms. The summed E-state index contributed by atoms with van der Waals surface area (Å²) in [5, 5.41) is 12.1. The molecule has 0 N–H and O–H groups in total. The summed E-state index contributed by atoms with van der Waals surface area (Å²) in [7, 11) is 0. The highest BCUT2D eigenvalue weighted by Crippen LogP contribution is 2.46. The Kier molecular flexibility index (Phi) is 7.89. The molecule has 12 aromatic rings. The minimum atomic E-state index is 0.881. The van der Waals surface area contributed by atoms with Gasteiger partial charge in [-0.05, 0) is 108 Å². The number of benzene rings is 11. The number of furan rings is 1. The summed E-state index contributed by atoms with van der Waals surface area (Å²) in [5.41, 5.74) is 12.1. The van der Waals surface area contributed by atoms with Crippen LogP contribution in [0, 0.1) is 0 Å².